The van der Waals surface area contributed by atoms with Crippen LogP contribution < -0.4 is 0 Å². The molecule has 0 saturated heterocycles. The number of fused-ring (bicyclic) bond motifs is 17. The first-order chi connectivity index (χ1) is 30.3. The molecule has 10 aromatic carbocycles. The Hall–Kier alpha value is -8.01. The maximum atomic E-state index is 5.23. The third kappa shape index (κ3) is 4.77. The van der Waals surface area contributed by atoms with Crippen molar-refractivity contribution in [1.82, 2.24) is 15.0 Å². The van der Waals surface area contributed by atoms with Crippen molar-refractivity contribution in [3.63, 3.8) is 0 Å². The molecule has 2 aliphatic carbocycles. The van der Waals surface area contributed by atoms with E-state index >= 15 is 0 Å². The highest BCUT2D eigenvalue weighted by atomic mass is 15.0. The highest BCUT2D eigenvalue weighted by Gasteiger charge is 2.53. The molecular weight excluding hydrogens is 739 g/mol. The lowest BCUT2D eigenvalue weighted by molar-refractivity contribution is 0.802. The maximum Gasteiger partial charge on any atom is 0.164 e. The molecule has 0 saturated carbocycles. The average Bonchev–Trinajstić information content (AvgIpc) is 3.81. The Bertz CT molecular complexity index is 3520. The van der Waals surface area contributed by atoms with Crippen LogP contribution in [0.1, 0.15) is 22.3 Å². The minimum atomic E-state index is -0.635. The third-order valence-corrected chi connectivity index (χ3v) is 13.1. The number of rotatable bonds is 4. The molecule has 2 aliphatic rings. The van der Waals surface area contributed by atoms with Crippen LogP contribution in [0.25, 0.3) is 99.9 Å². The Morgan fingerprint density at radius 2 is 0.689 bits per heavy atom. The zero-order valence-corrected chi connectivity index (χ0v) is 33.0. The fourth-order valence-electron chi connectivity index (χ4n) is 10.6. The second kappa shape index (κ2) is 13.0. The Morgan fingerprint density at radius 3 is 1.26 bits per heavy atom. The molecule has 1 aromatic heterocycles. The summed E-state index contributed by atoms with van der Waals surface area (Å²) in [5.41, 5.74) is 14.9. The van der Waals surface area contributed by atoms with E-state index in [2.05, 4.69) is 176 Å². The molecule has 282 valence electrons. The van der Waals surface area contributed by atoms with E-state index in [4.69, 9.17) is 15.0 Å². The van der Waals surface area contributed by atoms with E-state index in [-0.39, 0.29) is 0 Å². The molecule has 0 bridgehead atoms. The molecular formula is C58H35N3. The lowest BCUT2D eigenvalue weighted by atomic mass is 9.68. The van der Waals surface area contributed by atoms with E-state index in [1.54, 1.807) is 0 Å². The van der Waals surface area contributed by atoms with Crippen LogP contribution in [0.5, 0.6) is 0 Å². The molecule has 3 heteroatoms. The standard InChI is InChI=1S/C58H35N3/c1-4-18-36(19-5-1)47-35-48-43-27-15-17-31-50(43)58(54(48)53-46-29-13-11-25-41(46)40-24-10-12-28-45(40)52(47)53)49-30-16-14-26-42(49)44-33-32-39(34-51(44)58)57-60-55(37-20-6-2-7-21-37)59-56(61-57)38-22-8-3-9-23-38/h1-35H. The molecule has 0 fully saturated rings. The van der Waals surface area contributed by atoms with Gasteiger partial charge in [0.25, 0.3) is 0 Å². The van der Waals surface area contributed by atoms with Crippen LogP contribution in [0.2, 0.25) is 0 Å². The molecule has 0 amide bonds. The lowest BCUT2D eigenvalue weighted by Crippen LogP contribution is -2.26. The summed E-state index contributed by atoms with van der Waals surface area (Å²) in [5, 5.41) is 7.63. The summed E-state index contributed by atoms with van der Waals surface area (Å²) >= 11 is 0. The number of aromatic nitrogens is 3. The Morgan fingerprint density at radius 1 is 0.262 bits per heavy atom. The normalized spacial score (nSPS) is 14.6. The number of hydrogen-bond acceptors (Lipinski definition) is 3. The highest BCUT2D eigenvalue weighted by Crippen LogP contribution is 2.66. The molecule has 1 heterocycles. The summed E-state index contributed by atoms with van der Waals surface area (Å²) in [6, 6.07) is 77.0. The van der Waals surface area contributed by atoms with E-state index in [0.29, 0.717) is 17.5 Å². The second-order valence-electron chi connectivity index (χ2n) is 16.2. The second-order valence-corrected chi connectivity index (χ2v) is 16.2. The van der Waals surface area contributed by atoms with Gasteiger partial charge in [0.2, 0.25) is 0 Å². The number of hydrogen-bond donors (Lipinski definition) is 0. The first kappa shape index (κ1) is 33.9. The maximum absolute atomic E-state index is 5.23. The first-order valence-electron chi connectivity index (χ1n) is 20.9. The van der Waals surface area contributed by atoms with Crippen LogP contribution in [0.4, 0.5) is 0 Å². The molecule has 11 aromatic rings. The summed E-state index contributed by atoms with van der Waals surface area (Å²) in [6.07, 6.45) is 0. The Balaban J connectivity index is 1.19. The average molecular weight is 774 g/mol. The molecule has 0 N–H and O–H groups in total. The van der Waals surface area contributed by atoms with Crippen molar-refractivity contribution in [3.8, 4) is 67.5 Å². The largest absolute Gasteiger partial charge is 0.208 e. The molecule has 61 heavy (non-hydrogen) atoms. The van der Waals surface area contributed by atoms with Crippen LogP contribution >= 0.6 is 0 Å². The minimum absolute atomic E-state index is 0.635. The summed E-state index contributed by atoms with van der Waals surface area (Å²) in [6.45, 7) is 0. The van der Waals surface area contributed by atoms with Gasteiger partial charge in [-0.3, -0.25) is 0 Å². The van der Waals surface area contributed by atoms with Gasteiger partial charge in [-0.1, -0.05) is 200 Å². The van der Waals surface area contributed by atoms with E-state index in [1.807, 2.05) is 36.4 Å². The van der Waals surface area contributed by atoms with Crippen molar-refractivity contribution >= 4 is 32.3 Å². The zero-order valence-electron chi connectivity index (χ0n) is 33.0. The molecule has 0 radical (unpaired) electrons. The molecule has 3 nitrogen and oxygen atoms in total. The van der Waals surface area contributed by atoms with Crippen molar-refractivity contribution in [1.29, 1.82) is 0 Å². The summed E-state index contributed by atoms with van der Waals surface area (Å²) in [4.78, 5) is 15.5. The van der Waals surface area contributed by atoms with Gasteiger partial charge < -0.3 is 0 Å². The van der Waals surface area contributed by atoms with Crippen LogP contribution in [0.15, 0.2) is 212 Å². The third-order valence-electron chi connectivity index (χ3n) is 13.1. The summed E-state index contributed by atoms with van der Waals surface area (Å²) in [5.74, 6) is 1.95. The first-order valence-corrected chi connectivity index (χ1v) is 20.9. The van der Waals surface area contributed by atoms with Gasteiger partial charge in [-0.2, -0.15) is 0 Å². The summed E-state index contributed by atoms with van der Waals surface area (Å²) < 4.78 is 0. The van der Waals surface area contributed by atoms with Crippen molar-refractivity contribution < 1.29 is 0 Å². The zero-order chi connectivity index (χ0) is 40.1. The monoisotopic (exact) mass is 773 g/mol. The van der Waals surface area contributed by atoms with Gasteiger partial charge in [-0.05, 0) is 100 Å². The van der Waals surface area contributed by atoms with Gasteiger partial charge in [-0.25, -0.2) is 15.0 Å². The topological polar surface area (TPSA) is 38.7 Å². The van der Waals surface area contributed by atoms with Gasteiger partial charge in [0.1, 0.15) is 0 Å². The van der Waals surface area contributed by atoms with Crippen molar-refractivity contribution in [2.45, 2.75) is 5.41 Å². The predicted molar refractivity (Wildman–Crippen MR) is 250 cm³/mol. The fraction of sp³-hybridized carbons (Fsp3) is 0.0172. The van der Waals surface area contributed by atoms with E-state index in [9.17, 15) is 0 Å². The van der Waals surface area contributed by atoms with E-state index in [1.165, 1.54) is 88.0 Å². The van der Waals surface area contributed by atoms with E-state index in [0.717, 1.165) is 16.7 Å². The Kier molecular flexibility index (Phi) is 7.22. The predicted octanol–water partition coefficient (Wildman–Crippen LogP) is 14.3. The van der Waals surface area contributed by atoms with Crippen LogP contribution in [0.3, 0.4) is 0 Å². The van der Waals surface area contributed by atoms with Gasteiger partial charge in [0, 0.05) is 16.7 Å². The quantitative estimate of drug-likeness (QED) is 0.167. The van der Waals surface area contributed by atoms with Crippen LogP contribution in [-0.2, 0) is 5.41 Å². The molecule has 1 unspecified atom stereocenters. The number of benzene rings is 10. The van der Waals surface area contributed by atoms with Gasteiger partial charge in [-0.15, -0.1) is 0 Å². The lowest BCUT2D eigenvalue weighted by Gasteiger charge is -2.32. The molecule has 1 spiro atoms. The van der Waals surface area contributed by atoms with Gasteiger partial charge >= 0.3 is 0 Å². The fourth-order valence-corrected chi connectivity index (χ4v) is 10.6. The van der Waals surface area contributed by atoms with Crippen LogP contribution in [0, 0.1) is 0 Å². The minimum Gasteiger partial charge on any atom is -0.208 e. The SMILES string of the molecule is c1ccc(-c2nc(-c3ccccc3)nc(-c3ccc4c(c3)C3(c5ccccc5-4)c4ccccc4-c4cc(-c5ccccc5)c5c6ccccc6c6ccccc6c5c43)n2)cc1. The molecule has 13 rings (SSSR count). The molecule has 1 atom stereocenters. The van der Waals surface area contributed by atoms with Crippen molar-refractivity contribution in [2.24, 2.45) is 0 Å². The van der Waals surface area contributed by atoms with E-state index < -0.39 is 5.41 Å². The Labute approximate surface area is 353 Å². The van der Waals surface area contributed by atoms with Crippen molar-refractivity contribution in [2.75, 3.05) is 0 Å². The smallest absolute Gasteiger partial charge is 0.164 e. The van der Waals surface area contributed by atoms with Gasteiger partial charge in [0.15, 0.2) is 17.5 Å². The van der Waals surface area contributed by atoms with Crippen molar-refractivity contribution in [3.05, 3.63) is 235 Å². The number of nitrogens with zero attached hydrogens (tertiary/aromatic N) is 3. The molecule has 0 aliphatic heterocycles. The highest BCUT2D eigenvalue weighted by molar-refractivity contribution is 6.31. The van der Waals surface area contributed by atoms with Crippen LogP contribution in [-0.4, -0.2) is 15.0 Å². The van der Waals surface area contributed by atoms with Gasteiger partial charge in [0.05, 0.1) is 5.41 Å². The summed E-state index contributed by atoms with van der Waals surface area (Å²) in [7, 11) is 0.